The Balaban J connectivity index is 1.88. The molecule has 1 N–H and O–H groups in total. The molecular weight excluding hydrogens is 224 g/mol. The van der Waals surface area contributed by atoms with E-state index < -0.39 is 12.1 Å². The van der Waals surface area contributed by atoms with Crippen LogP contribution in [0.15, 0.2) is 5.16 Å². The third-order valence-electron chi connectivity index (χ3n) is 3.29. The first-order valence-corrected chi connectivity index (χ1v) is 5.82. The molecule has 0 saturated carbocycles. The van der Waals surface area contributed by atoms with Crippen LogP contribution in [0, 0.1) is 5.92 Å². The molecule has 94 valence electrons. The highest BCUT2D eigenvalue weighted by molar-refractivity contribution is 6.36. The monoisotopic (exact) mass is 240 g/mol. The minimum Gasteiger partial charge on any atom is -0.477 e. The largest absolute Gasteiger partial charge is 0.477 e. The fourth-order valence-corrected chi connectivity index (χ4v) is 2.07. The number of carbonyl (C=O) groups excluding carboxylic acids is 1. The molecule has 1 amide bonds. The van der Waals surface area contributed by atoms with Crippen LogP contribution >= 0.6 is 0 Å². The number of hydrogen-bond acceptors (Lipinski definition) is 4. The number of amides is 1. The summed E-state index contributed by atoms with van der Waals surface area (Å²) in [7, 11) is 0. The Kier molecular flexibility index (Phi) is 3.31. The van der Waals surface area contributed by atoms with Crippen LogP contribution in [0.2, 0.25) is 0 Å². The molecule has 0 aromatic heterocycles. The van der Waals surface area contributed by atoms with Crippen LogP contribution in [0.3, 0.4) is 0 Å². The van der Waals surface area contributed by atoms with Crippen molar-refractivity contribution in [2.24, 2.45) is 11.1 Å². The average molecular weight is 240 g/mol. The molecule has 0 radical (unpaired) electrons. The number of nitrogens with zero attached hydrogens (tertiary/aromatic N) is 2. The van der Waals surface area contributed by atoms with E-state index >= 15 is 0 Å². The summed E-state index contributed by atoms with van der Waals surface area (Å²) in [4.78, 5) is 29.3. The highest BCUT2D eigenvalue weighted by atomic mass is 16.6. The zero-order chi connectivity index (χ0) is 12.4. The Morgan fingerprint density at radius 3 is 2.59 bits per heavy atom. The van der Waals surface area contributed by atoms with Crippen LogP contribution in [0.25, 0.3) is 0 Å². The average Bonchev–Trinajstić information content (AvgIpc) is 2.78. The van der Waals surface area contributed by atoms with E-state index in [1.807, 2.05) is 0 Å². The minimum atomic E-state index is -1.12. The van der Waals surface area contributed by atoms with Crippen molar-refractivity contribution in [2.75, 3.05) is 13.1 Å². The molecular formula is C11H16N2O4. The van der Waals surface area contributed by atoms with Crippen molar-refractivity contribution < 1.29 is 19.5 Å². The number of hydrogen-bond donors (Lipinski definition) is 1. The number of likely N-dealkylation sites (tertiary alicyclic amines) is 1. The molecule has 17 heavy (non-hydrogen) atoms. The number of aliphatic carboxylic acids is 1. The summed E-state index contributed by atoms with van der Waals surface area (Å²) in [6.45, 7) is 3.62. The van der Waals surface area contributed by atoms with Gasteiger partial charge in [0.2, 0.25) is 6.10 Å². The topological polar surface area (TPSA) is 79.2 Å². The summed E-state index contributed by atoms with van der Waals surface area (Å²) >= 11 is 0. The second kappa shape index (κ2) is 4.73. The third-order valence-corrected chi connectivity index (χ3v) is 3.29. The zero-order valence-corrected chi connectivity index (χ0v) is 9.76. The predicted molar refractivity (Wildman–Crippen MR) is 59.5 cm³/mol. The number of carbonyl (C=O) groups is 2. The van der Waals surface area contributed by atoms with Crippen molar-refractivity contribution in [3.8, 4) is 0 Å². The lowest BCUT2D eigenvalue weighted by Crippen LogP contribution is -2.43. The molecule has 2 heterocycles. The number of oxime groups is 1. The molecule has 1 fully saturated rings. The number of piperidine rings is 1. The van der Waals surface area contributed by atoms with E-state index in [4.69, 9.17) is 9.94 Å². The van der Waals surface area contributed by atoms with Crippen molar-refractivity contribution in [3.05, 3.63) is 0 Å². The fraction of sp³-hybridized carbons (Fsp3) is 0.727. The Bertz CT molecular complexity index is 358. The van der Waals surface area contributed by atoms with Gasteiger partial charge in [-0.1, -0.05) is 12.1 Å². The molecule has 0 spiro atoms. The first kappa shape index (κ1) is 11.9. The quantitative estimate of drug-likeness (QED) is 0.761. The van der Waals surface area contributed by atoms with Crippen molar-refractivity contribution in [3.63, 3.8) is 0 Å². The third kappa shape index (κ3) is 2.57. The van der Waals surface area contributed by atoms with Gasteiger partial charge in [0.05, 0.1) is 0 Å². The van der Waals surface area contributed by atoms with Crippen LogP contribution in [0.5, 0.6) is 0 Å². The lowest BCUT2D eigenvalue weighted by molar-refractivity contribution is -0.143. The minimum absolute atomic E-state index is 0.0697. The summed E-state index contributed by atoms with van der Waals surface area (Å²) in [6, 6.07) is 0. The van der Waals surface area contributed by atoms with Gasteiger partial charge >= 0.3 is 5.97 Å². The fourth-order valence-electron chi connectivity index (χ4n) is 2.07. The molecule has 0 aromatic carbocycles. The second-order valence-electron chi connectivity index (χ2n) is 4.65. The van der Waals surface area contributed by atoms with Crippen LogP contribution in [0.1, 0.15) is 26.2 Å². The molecule has 0 bridgehead atoms. The van der Waals surface area contributed by atoms with Crippen LogP contribution in [0.4, 0.5) is 0 Å². The number of carboxylic acids is 1. The Hall–Kier alpha value is -1.59. The second-order valence-corrected chi connectivity index (χ2v) is 4.65. The van der Waals surface area contributed by atoms with Gasteiger partial charge in [0.1, 0.15) is 0 Å². The van der Waals surface area contributed by atoms with Crippen LogP contribution in [-0.2, 0) is 14.4 Å². The van der Waals surface area contributed by atoms with E-state index in [1.54, 1.807) is 4.90 Å². The van der Waals surface area contributed by atoms with Crippen molar-refractivity contribution in [1.82, 2.24) is 4.90 Å². The molecule has 6 nitrogen and oxygen atoms in total. The summed E-state index contributed by atoms with van der Waals surface area (Å²) in [5.74, 6) is -0.612. The van der Waals surface area contributed by atoms with Crippen LogP contribution in [-0.4, -0.2) is 46.8 Å². The normalized spacial score (nSPS) is 25.4. The van der Waals surface area contributed by atoms with E-state index in [1.165, 1.54) is 0 Å². The Morgan fingerprint density at radius 1 is 1.41 bits per heavy atom. The van der Waals surface area contributed by atoms with Gasteiger partial charge < -0.3 is 14.8 Å². The maximum absolute atomic E-state index is 12.0. The van der Waals surface area contributed by atoms with Gasteiger partial charge in [0.25, 0.3) is 5.91 Å². The Labute approximate surface area is 99.2 Å². The van der Waals surface area contributed by atoms with E-state index in [0.717, 1.165) is 25.9 Å². The van der Waals surface area contributed by atoms with Crippen molar-refractivity contribution in [1.29, 1.82) is 0 Å². The first-order chi connectivity index (χ1) is 8.08. The summed E-state index contributed by atoms with van der Waals surface area (Å²) in [5, 5.41) is 12.1. The number of rotatable bonds is 2. The van der Waals surface area contributed by atoms with Gasteiger partial charge in [-0.15, -0.1) is 0 Å². The van der Waals surface area contributed by atoms with Gasteiger partial charge in [-0.2, -0.15) is 0 Å². The molecule has 0 aliphatic carbocycles. The lowest BCUT2D eigenvalue weighted by Gasteiger charge is -2.31. The van der Waals surface area contributed by atoms with Gasteiger partial charge in [-0.3, -0.25) is 4.79 Å². The smallest absolute Gasteiger partial charge is 0.353 e. The van der Waals surface area contributed by atoms with E-state index in [0.29, 0.717) is 5.92 Å². The molecule has 1 saturated heterocycles. The maximum atomic E-state index is 12.0. The molecule has 1 atom stereocenters. The molecule has 2 aliphatic rings. The van der Waals surface area contributed by atoms with Gasteiger partial charge in [0, 0.05) is 19.5 Å². The van der Waals surface area contributed by atoms with Crippen LogP contribution < -0.4 is 0 Å². The number of carboxylic acid groups (broad SMARTS) is 1. The maximum Gasteiger partial charge on any atom is 0.353 e. The van der Waals surface area contributed by atoms with E-state index in [9.17, 15) is 9.59 Å². The summed E-state index contributed by atoms with van der Waals surface area (Å²) < 4.78 is 0. The summed E-state index contributed by atoms with van der Waals surface area (Å²) in [5.41, 5.74) is -0.0753. The van der Waals surface area contributed by atoms with Gasteiger partial charge in [-0.25, -0.2) is 4.79 Å². The van der Waals surface area contributed by atoms with Crippen molar-refractivity contribution >= 4 is 17.6 Å². The Morgan fingerprint density at radius 2 is 2.06 bits per heavy atom. The SMILES string of the molecule is CC1CCN(C(=O)C2CC(C(=O)O)=NO2)CC1. The highest BCUT2D eigenvalue weighted by Crippen LogP contribution is 2.20. The predicted octanol–water partition coefficient (Wildman–Crippen LogP) is 0.474. The zero-order valence-electron chi connectivity index (χ0n) is 9.76. The highest BCUT2D eigenvalue weighted by Gasteiger charge is 2.35. The standard InChI is InChI=1S/C11H16N2O4/c1-7-2-4-13(5-3-7)10(14)9-6-8(11(15)16)12-17-9/h7,9H,2-6H2,1H3,(H,15,16). The van der Waals surface area contributed by atoms with Gasteiger partial charge in [-0.05, 0) is 18.8 Å². The summed E-state index contributed by atoms with van der Waals surface area (Å²) in [6.07, 6.45) is 1.31. The molecule has 1 unspecified atom stereocenters. The van der Waals surface area contributed by atoms with Crippen molar-refractivity contribution in [2.45, 2.75) is 32.3 Å². The first-order valence-electron chi connectivity index (χ1n) is 5.82. The molecule has 6 heteroatoms. The van der Waals surface area contributed by atoms with Gasteiger partial charge in [0.15, 0.2) is 5.71 Å². The molecule has 0 aromatic rings. The molecule has 2 rings (SSSR count). The lowest BCUT2D eigenvalue weighted by atomic mass is 9.98. The van der Waals surface area contributed by atoms with E-state index in [-0.39, 0.29) is 18.0 Å². The van der Waals surface area contributed by atoms with E-state index in [2.05, 4.69) is 12.1 Å². The molecule has 2 aliphatic heterocycles.